The third-order valence-corrected chi connectivity index (χ3v) is 6.59. The van der Waals surface area contributed by atoms with Crippen LogP contribution in [0.2, 0.25) is 5.02 Å². The standard InChI is InChI=1S/C32H32ClNO5/c1-36-28-15-9-23(19-30(28)37-2)17-18-34(32(35)26-11-13-27(33)14-12-26)21-25-10-16-29(31(20-25)38-3)39-22-24-7-5-4-6-8-24/h4-16,19-20H,17-18,21-22H2,1-3H3. The van der Waals surface area contributed by atoms with Gasteiger partial charge in [-0.15, -0.1) is 0 Å². The lowest BCUT2D eigenvalue weighted by molar-refractivity contribution is 0.0745. The van der Waals surface area contributed by atoms with E-state index in [0.717, 1.165) is 16.7 Å². The van der Waals surface area contributed by atoms with E-state index in [4.69, 9.17) is 30.5 Å². The highest BCUT2D eigenvalue weighted by molar-refractivity contribution is 6.30. The summed E-state index contributed by atoms with van der Waals surface area (Å²) in [5.74, 6) is 2.49. The predicted molar refractivity (Wildman–Crippen MR) is 153 cm³/mol. The maximum Gasteiger partial charge on any atom is 0.254 e. The Hall–Kier alpha value is -4.16. The lowest BCUT2D eigenvalue weighted by Crippen LogP contribution is -2.32. The second kappa shape index (κ2) is 13.6. The number of hydrogen-bond donors (Lipinski definition) is 0. The zero-order valence-corrected chi connectivity index (χ0v) is 23.1. The highest BCUT2D eigenvalue weighted by atomic mass is 35.5. The van der Waals surface area contributed by atoms with Gasteiger partial charge in [0.1, 0.15) is 6.61 Å². The molecule has 4 aromatic rings. The van der Waals surface area contributed by atoms with Gasteiger partial charge in [-0.25, -0.2) is 0 Å². The van der Waals surface area contributed by atoms with Gasteiger partial charge in [-0.2, -0.15) is 0 Å². The molecule has 0 N–H and O–H groups in total. The van der Waals surface area contributed by atoms with Crippen molar-refractivity contribution < 1.29 is 23.7 Å². The average Bonchev–Trinajstić information content (AvgIpc) is 2.98. The molecule has 0 aliphatic carbocycles. The van der Waals surface area contributed by atoms with Gasteiger partial charge in [0.2, 0.25) is 0 Å². The number of halogens is 1. The third-order valence-electron chi connectivity index (χ3n) is 6.34. The van der Waals surface area contributed by atoms with E-state index in [-0.39, 0.29) is 5.91 Å². The summed E-state index contributed by atoms with van der Waals surface area (Å²) in [4.78, 5) is 15.4. The summed E-state index contributed by atoms with van der Waals surface area (Å²) in [6.07, 6.45) is 0.634. The number of methoxy groups -OCH3 is 3. The van der Waals surface area contributed by atoms with Gasteiger partial charge < -0.3 is 23.8 Å². The first-order valence-electron chi connectivity index (χ1n) is 12.6. The smallest absolute Gasteiger partial charge is 0.254 e. The molecule has 7 heteroatoms. The number of carbonyl (C=O) groups is 1. The first-order valence-corrected chi connectivity index (χ1v) is 13.0. The van der Waals surface area contributed by atoms with Crippen molar-refractivity contribution in [3.63, 3.8) is 0 Å². The maximum absolute atomic E-state index is 13.6. The second-order valence-electron chi connectivity index (χ2n) is 8.93. The number of rotatable bonds is 12. The van der Waals surface area contributed by atoms with Crippen molar-refractivity contribution >= 4 is 17.5 Å². The summed E-state index contributed by atoms with van der Waals surface area (Å²) < 4.78 is 22.4. The molecule has 0 spiro atoms. The van der Waals surface area contributed by atoms with Crippen LogP contribution in [0.25, 0.3) is 0 Å². The van der Waals surface area contributed by atoms with Gasteiger partial charge in [0.05, 0.1) is 21.3 Å². The average molecular weight is 546 g/mol. The predicted octanol–water partition coefficient (Wildman–Crippen LogP) is 6.83. The van der Waals surface area contributed by atoms with Crippen molar-refractivity contribution in [3.8, 4) is 23.0 Å². The summed E-state index contributed by atoms with van der Waals surface area (Å²) in [7, 11) is 4.83. The number of carbonyl (C=O) groups excluding carboxylic acids is 1. The Bertz CT molecular complexity index is 1380. The first kappa shape index (κ1) is 27.9. The minimum atomic E-state index is -0.0875. The Morgan fingerprint density at radius 3 is 2.00 bits per heavy atom. The minimum Gasteiger partial charge on any atom is -0.493 e. The van der Waals surface area contributed by atoms with Crippen LogP contribution in [0.15, 0.2) is 91.0 Å². The number of nitrogens with zero attached hydrogens (tertiary/aromatic N) is 1. The van der Waals surface area contributed by atoms with Crippen LogP contribution in [-0.2, 0) is 19.6 Å². The molecule has 4 aromatic carbocycles. The number of ether oxygens (including phenoxy) is 4. The van der Waals surface area contributed by atoms with Crippen molar-refractivity contribution in [1.82, 2.24) is 4.90 Å². The van der Waals surface area contributed by atoms with Gasteiger partial charge in [0.15, 0.2) is 23.0 Å². The molecule has 0 unspecified atom stereocenters. The van der Waals surface area contributed by atoms with Crippen LogP contribution in [0.4, 0.5) is 0 Å². The zero-order valence-electron chi connectivity index (χ0n) is 22.4. The van der Waals surface area contributed by atoms with Gasteiger partial charge in [0.25, 0.3) is 5.91 Å². The molecule has 0 heterocycles. The van der Waals surface area contributed by atoms with Crippen LogP contribution in [0.3, 0.4) is 0 Å². The molecule has 202 valence electrons. The lowest BCUT2D eigenvalue weighted by Gasteiger charge is -2.24. The van der Waals surface area contributed by atoms with Crippen LogP contribution in [0, 0.1) is 0 Å². The zero-order chi connectivity index (χ0) is 27.6. The second-order valence-corrected chi connectivity index (χ2v) is 9.37. The van der Waals surface area contributed by atoms with Crippen LogP contribution in [-0.4, -0.2) is 38.7 Å². The van der Waals surface area contributed by atoms with Crippen LogP contribution in [0.1, 0.15) is 27.0 Å². The fourth-order valence-corrected chi connectivity index (χ4v) is 4.34. The lowest BCUT2D eigenvalue weighted by atomic mass is 10.1. The molecule has 0 radical (unpaired) electrons. The monoisotopic (exact) mass is 545 g/mol. The Labute approximate surface area is 234 Å². The molecule has 0 saturated heterocycles. The summed E-state index contributed by atoms with van der Waals surface area (Å²) in [5, 5.41) is 0.583. The molecule has 0 aliphatic heterocycles. The van der Waals surface area contributed by atoms with Gasteiger partial charge in [-0.3, -0.25) is 4.79 Å². The van der Waals surface area contributed by atoms with E-state index in [2.05, 4.69) is 0 Å². The Kier molecular flexibility index (Phi) is 9.70. The van der Waals surface area contributed by atoms with E-state index >= 15 is 0 Å². The summed E-state index contributed by atoms with van der Waals surface area (Å²) in [6.45, 7) is 1.32. The molecule has 0 atom stereocenters. The normalized spacial score (nSPS) is 10.6. The van der Waals surface area contributed by atoms with E-state index in [9.17, 15) is 4.79 Å². The SMILES string of the molecule is COc1ccc(CCN(Cc2ccc(OCc3ccccc3)c(OC)c2)C(=O)c2ccc(Cl)cc2)cc1OC. The molecule has 39 heavy (non-hydrogen) atoms. The largest absolute Gasteiger partial charge is 0.493 e. The molecule has 0 bridgehead atoms. The Balaban J connectivity index is 1.53. The maximum atomic E-state index is 13.6. The summed E-state index contributed by atoms with van der Waals surface area (Å²) in [5.41, 5.74) is 3.59. The molecule has 1 amide bonds. The van der Waals surface area contributed by atoms with Crippen molar-refractivity contribution in [3.05, 3.63) is 118 Å². The van der Waals surface area contributed by atoms with E-state index < -0.39 is 0 Å². The van der Waals surface area contributed by atoms with Crippen LogP contribution < -0.4 is 18.9 Å². The number of hydrogen-bond acceptors (Lipinski definition) is 5. The topological polar surface area (TPSA) is 57.2 Å². The van der Waals surface area contributed by atoms with Crippen molar-refractivity contribution in [2.24, 2.45) is 0 Å². The third kappa shape index (κ3) is 7.45. The van der Waals surface area contributed by atoms with Gasteiger partial charge in [0, 0.05) is 23.7 Å². The van der Waals surface area contributed by atoms with Gasteiger partial charge >= 0.3 is 0 Å². The summed E-state index contributed by atoms with van der Waals surface area (Å²) >= 11 is 6.06. The van der Waals surface area contributed by atoms with Gasteiger partial charge in [-0.05, 0) is 71.6 Å². The molecule has 0 saturated carbocycles. The molecular formula is C32H32ClNO5. The van der Waals surface area contributed by atoms with E-state index in [1.165, 1.54) is 0 Å². The van der Waals surface area contributed by atoms with Gasteiger partial charge in [-0.1, -0.05) is 54.1 Å². The number of benzene rings is 4. The van der Waals surface area contributed by atoms with E-state index in [0.29, 0.717) is 59.7 Å². The minimum absolute atomic E-state index is 0.0875. The van der Waals surface area contributed by atoms with E-state index in [1.807, 2.05) is 71.6 Å². The highest BCUT2D eigenvalue weighted by Crippen LogP contribution is 2.30. The quantitative estimate of drug-likeness (QED) is 0.195. The Morgan fingerprint density at radius 1 is 0.692 bits per heavy atom. The van der Waals surface area contributed by atoms with E-state index in [1.54, 1.807) is 45.6 Å². The molecule has 0 aromatic heterocycles. The van der Waals surface area contributed by atoms with Crippen molar-refractivity contribution in [2.45, 2.75) is 19.6 Å². The molecular weight excluding hydrogens is 514 g/mol. The fraction of sp³-hybridized carbons (Fsp3) is 0.219. The summed E-state index contributed by atoms with van der Waals surface area (Å²) in [6, 6.07) is 28.5. The molecule has 4 rings (SSSR count). The molecule has 6 nitrogen and oxygen atoms in total. The molecule has 0 aliphatic rings. The van der Waals surface area contributed by atoms with Crippen LogP contribution in [0.5, 0.6) is 23.0 Å². The first-order chi connectivity index (χ1) is 19.0. The molecule has 0 fully saturated rings. The van der Waals surface area contributed by atoms with Crippen molar-refractivity contribution in [1.29, 1.82) is 0 Å². The fourth-order valence-electron chi connectivity index (χ4n) is 4.21. The van der Waals surface area contributed by atoms with Crippen LogP contribution >= 0.6 is 11.6 Å². The highest BCUT2D eigenvalue weighted by Gasteiger charge is 2.18. The van der Waals surface area contributed by atoms with Crippen molar-refractivity contribution in [2.75, 3.05) is 27.9 Å². The Morgan fingerprint density at radius 2 is 1.31 bits per heavy atom. The number of amides is 1.